The maximum Gasteiger partial charge on any atom is 0.156 e. The summed E-state index contributed by atoms with van der Waals surface area (Å²) in [5.74, 6) is 1.27. The molecule has 0 heterocycles. The number of nitrogen functional groups attached to an aromatic ring is 1. The highest BCUT2D eigenvalue weighted by molar-refractivity contribution is 7.92. The van der Waals surface area contributed by atoms with Crippen LogP contribution < -0.4 is 10.5 Å². The summed E-state index contributed by atoms with van der Waals surface area (Å²) in [6, 6.07) is 6.99. The Morgan fingerprint density at radius 2 is 1.95 bits per heavy atom. The van der Waals surface area contributed by atoms with E-state index < -0.39 is 9.84 Å². The standard InChI is InChI=1S/C15H23NO3S/c1-12-3-2-4-15(11-12)20(17,18)10-9-19-14-7-5-13(16)6-8-14/h5-8,12,15H,2-4,9-11,16H2,1H3. The lowest BCUT2D eigenvalue weighted by Crippen LogP contribution is -2.31. The molecule has 1 saturated carbocycles. The smallest absolute Gasteiger partial charge is 0.156 e. The lowest BCUT2D eigenvalue weighted by Gasteiger charge is -2.26. The zero-order chi connectivity index (χ0) is 14.6. The highest BCUT2D eigenvalue weighted by atomic mass is 32.2. The molecule has 0 aromatic heterocycles. The lowest BCUT2D eigenvalue weighted by atomic mass is 9.91. The fraction of sp³-hybridized carbons (Fsp3) is 0.600. The van der Waals surface area contributed by atoms with Gasteiger partial charge in [-0.3, -0.25) is 0 Å². The molecule has 0 spiro atoms. The molecule has 112 valence electrons. The van der Waals surface area contributed by atoms with Crippen LogP contribution in [-0.4, -0.2) is 26.0 Å². The Morgan fingerprint density at radius 3 is 2.60 bits per heavy atom. The van der Waals surface area contributed by atoms with Crippen molar-refractivity contribution in [2.75, 3.05) is 18.1 Å². The average Bonchev–Trinajstić information content (AvgIpc) is 2.41. The third-order valence-corrected chi connectivity index (χ3v) is 6.09. The van der Waals surface area contributed by atoms with Crippen molar-refractivity contribution >= 4 is 15.5 Å². The summed E-state index contributed by atoms with van der Waals surface area (Å²) >= 11 is 0. The Bertz CT molecular complexity index is 525. The molecule has 1 aliphatic rings. The highest BCUT2D eigenvalue weighted by Crippen LogP contribution is 2.28. The molecule has 2 rings (SSSR count). The predicted octanol–water partition coefficient (Wildman–Crippen LogP) is 2.64. The van der Waals surface area contributed by atoms with Gasteiger partial charge in [-0.25, -0.2) is 8.42 Å². The summed E-state index contributed by atoms with van der Waals surface area (Å²) in [5.41, 5.74) is 6.25. The average molecular weight is 297 g/mol. The van der Waals surface area contributed by atoms with Gasteiger partial charge < -0.3 is 10.5 Å². The molecule has 5 heteroatoms. The third kappa shape index (κ3) is 4.13. The van der Waals surface area contributed by atoms with E-state index >= 15 is 0 Å². The van der Waals surface area contributed by atoms with Gasteiger partial charge in [0.2, 0.25) is 0 Å². The number of benzene rings is 1. The van der Waals surface area contributed by atoms with Crippen molar-refractivity contribution < 1.29 is 13.2 Å². The molecule has 4 nitrogen and oxygen atoms in total. The van der Waals surface area contributed by atoms with Crippen molar-refractivity contribution in [2.45, 2.75) is 37.9 Å². The minimum Gasteiger partial charge on any atom is -0.493 e. The minimum absolute atomic E-state index is 0.0920. The Hall–Kier alpha value is -1.23. The largest absolute Gasteiger partial charge is 0.493 e. The van der Waals surface area contributed by atoms with E-state index in [0.717, 1.165) is 25.7 Å². The van der Waals surface area contributed by atoms with E-state index in [2.05, 4.69) is 6.92 Å². The molecule has 0 bridgehead atoms. The molecule has 0 radical (unpaired) electrons. The second-order valence-electron chi connectivity index (χ2n) is 5.68. The van der Waals surface area contributed by atoms with Crippen molar-refractivity contribution in [2.24, 2.45) is 5.92 Å². The second kappa shape index (κ2) is 6.48. The molecule has 1 fully saturated rings. The van der Waals surface area contributed by atoms with E-state index in [1.54, 1.807) is 24.3 Å². The van der Waals surface area contributed by atoms with Crippen LogP contribution in [0.5, 0.6) is 5.75 Å². The topological polar surface area (TPSA) is 69.4 Å². The van der Waals surface area contributed by atoms with Crippen LogP contribution in [0.15, 0.2) is 24.3 Å². The summed E-state index contributed by atoms with van der Waals surface area (Å²) < 4.78 is 30.0. The van der Waals surface area contributed by atoms with Crippen molar-refractivity contribution in [1.29, 1.82) is 0 Å². The van der Waals surface area contributed by atoms with Crippen LogP contribution in [0.4, 0.5) is 5.69 Å². The van der Waals surface area contributed by atoms with Gasteiger partial charge in [0.1, 0.15) is 12.4 Å². The summed E-state index contributed by atoms with van der Waals surface area (Å²) in [6.45, 7) is 2.34. The number of hydrogen-bond donors (Lipinski definition) is 1. The number of rotatable bonds is 5. The molecule has 2 atom stereocenters. The van der Waals surface area contributed by atoms with Crippen LogP contribution in [0, 0.1) is 5.92 Å². The molecule has 20 heavy (non-hydrogen) atoms. The van der Waals surface area contributed by atoms with Crippen molar-refractivity contribution in [1.82, 2.24) is 0 Å². The summed E-state index contributed by atoms with van der Waals surface area (Å²) in [7, 11) is -3.04. The van der Waals surface area contributed by atoms with Gasteiger partial charge >= 0.3 is 0 Å². The predicted molar refractivity (Wildman–Crippen MR) is 81.6 cm³/mol. The van der Waals surface area contributed by atoms with Gasteiger partial charge in [0.25, 0.3) is 0 Å². The molecule has 0 aliphatic heterocycles. The van der Waals surface area contributed by atoms with E-state index in [1.807, 2.05) is 0 Å². The number of hydrogen-bond acceptors (Lipinski definition) is 4. The van der Waals surface area contributed by atoms with Gasteiger partial charge in [0, 0.05) is 5.69 Å². The number of anilines is 1. The maximum atomic E-state index is 12.3. The maximum absolute atomic E-state index is 12.3. The molecule has 1 aromatic carbocycles. The Kier molecular flexibility index (Phi) is 4.91. The summed E-state index contributed by atoms with van der Waals surface area (Å²) in [5, 5.41) is -0.179. The Morgan fingerprint density at radius 1 is 1.25 bits per heavy atom. The molecular formula is C15H23NO3S. The number of nitrogens with two attached hydrogens (primary N) is 1. The van der Waals surface area contributed by atoms with E-state index in [9.17, 15) is 8.42 Å². The van der Waals surface area contributed by atoms with Gasteiger partial charge in [-0.1, -0.05) is 19.8 Å². The first kappa shape index (κ1) is 15.2. The van der Waals surface area contributed by atoms with Gasteiger partial charge in [-0.05, 0) is 43.0 Å². The molecule has 1 aliphatic carbocycles. The first-order chi connectivity index (χ1) is 9.47. The van der Waals surface area contributed by atoms with Gasteiger partial charge in [0.05, 0.1) is 11.0 Å². The zero-order valence-electron chi connectivity index (χ0n) is 11.9. The lowest BCUT2D eigenvalue weighted by molar-refractivity contribution is 0.337. The number of sulfone groups is 1. The molecule has 2 N–H and O–H groups in total. The fourth-order valence-corrected chi connectivity index (χ4v) is 4.51. The van der Waals surface area contributed by atoms with Crippen LogP contribution in [0.3, 0.4) is 0 Å². The second-order valence-corrected chi connectivity index (χ2v) is 8.08. The molecule has 1 aromatic rings. The van der Waals surface area contributed by atoms with Gasteiger partial charge in [-0.15, -0.1) is 0 Å². The molecule has 0 amide bonds. The van der Waals surface area contributed by atoms with Crippen LogP contribution in [0.1, 0.15) is 32.6 Å². The minimum atomic E-state index is -3.04. The third-order valence-electron chi connectivity index (χ3n) is 3.91. The first-order valence-corrected chi connectivity index (χ1v) is 8.89. The van der Waals surface area contributed by atoms with Gasteiger partial charge in [0.15, 0.2) is 9.84 Å². The summed E-state index contributed by atoms with van der Waals surface area (Å²) in [6.07, 6.45) is 3.76. The summed E-state index contributed by atoms with van der Waals surface area (Å²) in [4.78, 5) is 0. The van der Waals surface area contributed by atoms with Crippen molar-refractivity contribution in [3.8, 4) is 5.75 Å². The highest BCUT2D eigenvalue weighted by Gasteiger charge is 2.29. The fourth-order valence-electron chi connectivity index (χ4n) is 2.71. The van der Waals surface area contributed by atoms with Crippen LogP contribution >= 0.6 is 0 Å². The monoisotopic (exact) mass is 297 g/mol. The normalized spacial score (nSPS) is 23.4. The number of ether oxygens (including phenoxy) is 1. The quantitative estimate of drug-likeness (QED) is 0.848. The van der Waals surface area contributed by atoms with E-state index in [0.29, 0.717) is 17.4 Å². The first-order valence-electron chi connectivity index (χ1n) is 7.17. The molecular weight excluding hydrogens is 274 g/mol. The van der Waals surface area contributed by atoms with E-state index in [1.165, 1.54) is 0 Å². The molecule has 2 unspecified atom stereocenters. The SMILES string of the molecule is CC1CCCC(S(=O)(=O)CCOc2ccc(N)cc2)C1. The van der Waals surface area contributed by atoms with E-state index in [4.69, 9.17) is 10.5 Å². The van der Waals surface area contributed by atoms with Crippen molar-refractivity contribution in [3.05, 3.63) is 24.3 Å². The van der Waals surface area contributed by atoms with Crippen LogP contribution in [0.25, 0.3) is 0 Å². The Labute approximate surface area is 121 Å². The van der Waals surface area contributed by atoms with Crippen LogP contribution in [-0.2, 0) is 9.84 Å². The molecule has 0 saturated heterocycles. The van der Waals surface area contributed by atoms with Crippen molar-refractivity contribution in [3.63, 3.8) is 0 Å². The van der Waals surface area contributed by atoms with Gasteiger partial charge in [-0.2, -0.15) is 0 Å². The Balaban J connectivity index is 1.84. The van der Waals surface area contributed by atoms with E-state index in [-0.39, 0.29) is 17.6 Å². The zero-order valence-corrected chi connectivity index (χ0v) is 12.7. The van der Waals surface area contributed by atoms with Crippen LogP contribution in [0.2, 0.25) is 0 Å².